The molecule has 4 aliphatic carbocycles. The maximum atomic E-state index is 17.5. The molecular formula is C32H35F3O8. The summed E-state index contributed by atoms with van der Waals surface area (Å²) < 4.78 is 63.2. The molecule has 0 heterocycles. The number of ketones is 2. The third-order valence-electron chi connectivity index (χ3n) is 10.3. The van der Waals surface area contributed by atoms with E-state index in [1.165, 1.54) is 38.1 Å². The first-order valence-corrected chi connectivity index (χ1v) is 14.5. The van der Waals surface area contributed by atoms with Crippen molar-refractivity contribution in [2.75, 3.05) is 6.61 Å². The molecule has 11 heteroatoms. The number of carbonyl (C=O) groups excluding carboxylic acids is 4. The lowest BCUT2D eigenvalue weighted by molar-refractivity contribution is -0.300. The van der Waals surface area contributed by atoms with Gasteiger partial charge in [-0.1, -0.05) is 26.8 Å². The van der Waals surface area contributed by atoms with Crippen LogP contribution in [0.3, 0.4) is 0 Å². The fourth-order valence-corrected chi connectivity index (χ4v) is 8.18. The summed E-state index contributed by atoms with van der Waals surface area (Å²) in [5, 5.41) is 11.6. The van der Waals surface area contributed by atoms with Crippen LogP contribution >= 0.6 is 0 Å². The highest BCUT2D eigenvalue weighted by Gasteiger charge is 2.78. The lowest BCUT2D eigenvalue weighted by Gasteiger charge is -2.62. The molecule has 3 fully saturated rings. The summed E-state index contributed by atoms with van der Waals surface area (Å²) in [5.74, 6) is -6.97. The summed E-state index contributed by atoms with van der Waals surface area (Å²) >= 11 is 0. The van der Waals surface area contributed by atoms with Crippen LogP contribution in [0.25, 0.3) is 0 Å². The summed E-state index contributed by atoms with van der Waals surface area (Å²) in [6.07, 6.45) is -1.72. The van der Waals surface area contributed by atoms with Gasteiger partial charge in [0, 0.05) is 29.2 Å². The maximum absolute atomic E-state index is 17.5. The van der Waals surface area contributed by atoms with Crippen LogP contribution in [0.4, 0.5) is 18.0 Å². The van der Waals surface area contributed by atoms with Crippen LogP contribution in [0.5, 0.6) is 0 Å². The average molecular weight is 605 g/mol. The molecule has 1 aromatic carbocycles. The van der Waals surface area contributed by atoms with Gasteiger partial charge in [0.25, 0.3) is 5.79 Å². The lowest BCUT2D eigenvalue weighted by atomic mass is 9.45. The SMILES string of the molecule is CCC(=O)O[C@]1(OC(=O)OCC(=O)c2ccc(F)cc2)[C@H](C)C[C@H]2[C@@H]3C[C@H](F)C4=CC(=O)C=C[C@]4(C)[C@@]3(F)[C@@H](O)C[C@@]21C. The minimum Gasteiger partial charge on any atom is -0.426 e. The number of Topliss-reactive ketones (excluding diaryl/α,β-unsaturated/α-hetero) is 1. The molecular weight excluding hydrogens is 569 g/mol. The van der Waals surface area contributed by atoms with Crippen molar-refractivity contribution in [1.29, 1.82) is 0 Å². The van der Waals surface area contributed by atoms with Gasteiger partial charge in [-0.3, -0.25) is 14.4 Å². The Hall–Kier alpha value is -3.47. The van der Waals surface area contributed by atoms with Crippen LogP contribution < -0.4 is 0 Å². The van der Waals surface area contributed by atoms with E-state index in [0.717, 1.165) is 18.2 Å². The van der Waals surface area contributed by atoms with Gasteiger partial charge in [0.2, 0.25) is 0 Å². The minimum absolute atomic E-state index is 0.0261. The topological polar surface area (TPSA) is 116 Å². The number of benzene rings is 1. The maximum Gasteiger partial charge on any atom is 0.512 e. The summed E-state index contributed by atoms with van der Waals surface area (Å²) in [6, 6.07) is 4.63. The molecule has 0 unspecified atom stereocenters. The normalized spacial score (nSPS) is 39.6. The molecule has 0 aliphatic heterocycles. The van der Waals surface area contributed by atoms with E-state index in [0.29, 0.717) is 0 Å². The third kappa shape index (κ3) is 4.53. The van der Waals surface area contributed by atoms with Gasteiger partial charge in [-0.25, -0.2) is 18.0 Å². The van der Waals surface area contributed by atoms with E-state index in [1.807, 2.05) is 0 Å². The first-order chi connectivity index (χ1) is 20.1. The summed E-state index contributed by atoms with van der Waals surface area (Å²) in [7, 11) is 0. The minimum atomic E-state index is -2.38. The molecule has 0 radical (unpaired) electrons. The Bertz CT molecular complexity index is 1410. The van der Waals surface area contributed by atoms with E-state index in [-0.39, 0.29) is 36.8 Å². The number of aliphatic hydroxyl groups excluding tert-OH is 1. The van der Waals surface area contributed by atoms with E-state index in [4.69, 9.17) is 14.2 Å². The van der Waals surface area contributed by atoms with Crippen LogP contribution in [-0.4, -0.2) is 59.1 Å². The van der Waals surface area contributed by atoms with Crippen LogP contribution in [0, 0.1) is 34.4 Å². The number of aliphatic hydroxyl groups is 1. The van der Waals surface area contributed by atoms with Gasteiger partial charge in [-0.15, -0.1) is 0 Å². The number of alkyl halides is 2. The first-order valence-electron chi connectivity index (χ1n) is 14.5. The Labute approximate surface area is 247 Å². The Kier molecular flexibility index (Phi) is 7.64. The molecule has 1 N–H and O–H groups in total. The largest absolute Gasteiger partial charge is 0.512 e. The Balaban J connectivity index is 1.48. The highest BCUT2D eigenvalue weighted by atomic mass is 19.1. The molecule has 0 aromatic heterocycles. The van der Waals surface area contributed by atoms with Crippen LogP contribution in [0.1, 0.15) is 63.7 Å². The predicted octanol–water partition coefficient (Wildman–Crippen LogP) is 5.38. The molecule has 9 atom stereocenters. The van der Waals surface area contributed by atoms with Crippen LogP contribution in [-0.2, 0) is 23.8 Å². The number of rotatable bonds is 6. The number of allylic oxidation sites excluding steroid dienone is 4. The molecule has 0 amide bonds. The van der Waals surface area contributed by atoms with Crippen LogP contribution in [0.15, 0.2) is 48.1 Å². The smallest absolute Gasteiger partial charge is 0.426 e. The standard InChI is InChI=1S/C32H35F3O8/c1-5-27(39)42-32(43-28(40)41-16-25(37)18-6-8-19(33)9-7-18)17(2)12-21-22-14-24(34)23-13-20(36)10-11-29(23,3)31(22,35)26(38)15-30(21,32)4/h6-11,13,17,21-22,24,26,38H,5,12,14-16H2,1-4H3/t17-,21+,22+,24+,26+,29+,30+,31+,32+/m1/s1. The molecule has 232 valence electrons. The lowest BCUT2D eigenvalue weighted by Crippen LogP contribution is -2.70. The highest BCUT2D eigenvalue weighted by molar-refractivity contribution is 6.01. The second-order valence-corrected chi connectivity index (χ2v) is 12.6. The van der Waals surface area contributed by atoms with Crippen molar-refractivity contribution in [2.24, 2.45) is 28.6 Å². The van der Waals surface area contributed by atoms with Crippen molar-refractivity contribution in [3.63, 3.8) is 0 Å². The van der Waals surface area contributed by atoms with E-state index in [9.17, 15) is 28.7 Å². The summed E-state index contributed by atoms with van der Waals surface area (Å²) in [4.78, 5) is 50.4. The van der Waals surface area contributed by atoms with Gasteiger partial charge in [0.05, 0.1) is 11.5 Å². The molecule has 0 spiro atoms. The molecule has 43 heavy (non-hydrogen) atoms. The molecule has 3 saturated carbocycles. The van der Waals surface area contributed by atoms with Crippen molar-refractivity contribution >= 4 is 23.7 Å². The fraction of sp³-hybridized carbons (Fsp3) is 0.562. The van der Waals surface area contributed by atoms with Crippen molar-refractivity contribution in [1.82, 2.24) is 0 Å². The highest BCUT2D eigenvalue weighted by Crippen LogP contribution is 2.71. The van der Waals surface area contributed by atoms with Crippen molar-refractivity contribution in [3.8, 4) is 0 Å². The van der Waals surface area contributed by atoms with Crippen molar-refractivity contribution in [3.05, 3.63) is 59.4 Å². The van der Waals surface area contributed by atoms with Gasteiger partial charge in [-0.05, 0) is 74.1 Å². The Morgan fingerprint density at radius 2 is 1.74 bits per heavy atom. The zero-order valence-corrected chi connectivity index (χ0v) is 24.4. The second-order valence-electron chi connectivity index (χ2n) is 12.6. The van der Waals surface area contributed by atoms with E-state index in [2.05, 4.69) is 0 Å². The monoisotopic (exact) mass is 604 g/mol. The number of fused-ring (bicyclic) bond motifs is 5. The van der Waals surface area contributed by atoms with Gasteiger partial charge < -0.3 is 19.3 Å². The quantitative estimate of drug-likeness (QED) is 0.262. The number of hydrogen-bond acceptors (Lipinski definition) is 8. The number of hydrogen-bond donors (Lipinski definition) is 1. The number of esters is 1. The second kappa shape index (κ2) is 10.6. The fourth-order valence-electron chi connectivity index (χ4n) is 8.18. The van der Waals surface area contributed by atoms with Gasteiger partial charge in [0.15, 0.2) is 23.8 Å². The average Bonchev–Trinajstić information content (AvgIpc) is 3.16. The van der Waals surface area contributed by atoms with Crippen molar-refractivity contribution in [2.45, 2.75) is 77.1 Å². The van der Waals surface area contributed by atoms with Crippen LogP contribution in [0.2, 0.25) is 0 Å². The predicted molar refractivity (Wildman–Crippen MR) is 145 cm³/mol. The zero-order chi connectivity index (χ0) is 31.5. The Morgan fingerprint density at radius 3 is 2.40 bits per heavy atom. The van der Waals surface area contributed by atoms with Gasteiger partial charge in [0.1, 0.15) is 12.0 Å². The van der Waals surface area contributed by atoms with Crippen molar-refractivity contribution < 1.29 is 51.7 Å². The zero-order valence-electron chi connectivity index (χ0n) is 24.4. The van der Waals surface area contributed by atoms with E-state index >= 15 is 8.78 Å². The molecule has 4 aliphatic rings. The third-order valence-corrected chi connectivity index (χ3v) is 10.3. The first kappa shape index (κ1) is 31.0. The Morgan fingerprint density at radius 1 is 1.07 bits per heavy atom. The molecule has 8 nitrogen and oxygen atoms in total. The van der Waals surface area contributed by atoms with E-state index in [1.54, 1.807) is 13.8 Å². The number of halogens is 3. The molecule has 0 bridgehead atoms. The van der Waals surface area contributed by atoms with Gasteiger partial charge in [-0.2, -0.15) is 0 Å². The van der Waals surface area contributed by atoms with E-state index < -0.39 is 88.4 Å². The number of carbonyl (C=O) groups is 4. The molecule has 1 aromatic rings. The summed E-state index contributed by atoms with van der Waals surface area (Å²) in [5.41, 5.74) is -5.31. The molecule has 0 saturated heterocycles. The summed E-state index contributed by atoms with van der Waals surface area (Å²) in [6.45, 7) is 5.53. The van der Waals surface area contributed by atoms with Gasteiger partial charge >= 0.3 is 12.1 Å². The molecule has 5 rings (SSSR count). The number of ether oxygens (including phenoxy) is 3.